The first-order chi connectivity index (χ1) is 9.37. The Bertz CT molecular complexity index is 466. The fourth-order valence-electron chi connectivity index (χ4n) is 1.75. The first-order valence-corrected chi connectivity index (χ1v) is 7.12. The van der Waals surface area contributed by atoms with Gasteiger partial charge in [0.2, 0.25) is 0 Å². The maximum Gasteiger partial charge on any atom is 0.0406 e. The lowest BCUT2D eigenvalue weighted by Crippen LogP contribution is -2.17. The fraction of sp³-hybridized carbons (Fsp3) is 0.368. The first-order valence-electron chi connectivity index (χ1n) is 7.12. The van der Waals surface area contributed by atoms with Crippen molar-refractivity contribution >= 4 is 0 Å². The van der Waals surface area contributed by atoms with E-state index in [-0.39, 0.29) is 0 Å². The van der Waals surface area contributed by atoms with Crippen LogP contribution in [-0.2, 0) is 0 Å². The van der Waals surface area contributed by atoms with Crippen LogP contribution < -0.4 is 0 Å². The van der Waals surface area contributed by atoms with E-state index in [1.54, 1.807) is 0 Å². The van der Waals surface area contributed by atoms with Crippen LogP contribution in [-0.4, -0.2) is 11.4 Å². The van der Waals surface area contributed by atoms with Crippen molar-refractivity contribution in [1.82, 2.24) is 4.90 Å². The van der Waals surface area contributed by atoms with Crippen LogP contribution in [0.2, 0.25) is 0 Å². The van der Waals surface area contributed by atoms with Gasteiger partial charge in [-0.05, 0) is 52.7 Å². The van der Waals surface area contributed by atoms with Crippen LogP contribution in [0.5, 0.6) is 0 Å². The maximum absolute atomic E-state index is 4.24. The van der Waals surface area contributed by atoms with Gasteiger partial charge in [0.1, 0.15) is 0 Å². The summed E-state index contributed by atoms with van der Waals surface area (Å²) in [6.45, 7) is 21.5. The molecule has 0 saturated heterocycles. The molecule has 0 aromatic carbocycles. The molecule has 0 saturated carbocycles. The van der Waals surface area contributed by atoms with Crippen molar-refractivity contribution in [2.45, 2.75) is 41.5 Å². The maximum atomic E-state index is 4.24. The van der Waals surface area contributed by atoms with E-state index in [2.05, 4.69) is 78.0 Å². The Morgan fingerprint density at radius 2 is 1.70 bits per heavy atom. The molecule has 0 fully saturated rings. The summed E-state index contributed by atoms with van der Waals surface area (Å²) in [7, 11) is 0. The van der Waals surface area contributed by atoms with Gasteiger partial charge in [0.15, 0.2) is 0 Å². The number of hydrogen-bond acceptors (Lipinski definition) is 1. The van der Waals surface area contributed by atoms with Crippen molar-refractivity contribution in [3.8, 4) is 0 Å². The van der Waals surface area contributed by atoms with Crippen molar-refractivity contribution in [2.75, 3.05) is 6.54 Å². The van der Waals surface area contributed by atoms with Crippen molar-refractivity contribution in [3.63, 3.8) is 0 Å². The lowest BCUT2D eigenvalue weighted by atomic mass is 10.1. The number of allylic oxidation sites excluding steroid dienone is 7. The molecule has 0 atom stereocenters. The predicted octanol–water partition coefficient (Wildman–Crippen LogP) is 5.77. The van der Waals surface area contributed by atoms with E-state index in [0.29, 0.717) is 0 Å². The molecule has 20 heavy (non-hydrogen) atoms. The average Bonchev–Trinajstić information content (AvgIpc) is 2.41. The van der Waals surface area contributed by atoms with E-state index >= 15 is 0 Å². The molecule has 0 aliphatic heterocycles. The smallest absolute Gasteiger partial charge is 0.0406 e. The normalized spacial score (nSPS) is 13.0. The number of hydrogen-bond donors (Lipinski definition) is 0. The highest BCUT2D eigenvalue weighted by Gasteiger charge is 2.07. The van der Waals surface area contributed by atoms with E-state index in [4.69, 9.17) is 0 Å². The third kappa shape index (κ3) is 5.92. The van der Waals surface area contributed by atoms with Crippen molar-refractivity contribution in [1.29, 1.82) is 0 Å². The summed E-state index contributed by atoms with van der Waals surface area (Å²) in [5.41, 5.74) is 5.89. The van der Waals surface area contributed by atoms with Gasteiger partial charge in [-0.2, -0.15) is 0 Å². The molecule has 0 spiro atoms. The SMILES string of the molecule is C=CC=C(C=C(C)C)C(=C)N(C=C(C)C(C)=CC)CC. The molecule has 0 amide bonds. The summed E-state index contributed by atoms with van der Waals surface area (Å²) in [6, 6.07) is 0. The van der Waals surface area contributed by atoms with Crippen LogP contribution in [0.3, 0.4) is 0 Å². The summed E-state index contributed by atoms with van der Waals surface area (Å²) < 4.78 is 0. The minimum Gasteiger partial charge on any atom is -0.348 e. The quantitative estimate of drug-likeness (QED) is 0.531. The van der Waals surface area contributed by atoms with E-state index < -0.39 is 0 Å². The van der Waals surface area contributed by atoms with Crippen LogP contribution in [0, 0.1) is 0 Å². The lowest BCUT2D eigenvalue weighted by Gasteiger charge is -2.23. The Morgan fingerprint density at radius 3 is 2.10 bits per heavy atom. The van der Waals surface area contributed by atoms with Gasteiger partial charge in [-0.1, -0.05) is 48.6 Å². The lowest BCUT2D eigenvalue weighted by molar-refractivity contribution is 0.500. The predicted molar refractivity (Wildman–Crippen MR) is 92.4 cm³/mol. The van der Waals surface area contributed by atoms with E-state index in [9.17, 15) is 0 Å². The molecule has 1 nitrogen and oxygen atoms in total. The molecular formula is C19H29N. The minimum atomic E-state index is 0.887. The second-order valence-corrected chi connectivity index (χ2v) is 5.10. The van der Waals surface area contributed by atoms with Crippen LogP contribution in [0.1, 0.15) is 41.5 Å². The van der Waals surface area contributed by atoms with Crippen LogP contribution in [0.15, 0.2) is 71.7 Å². The van der Waals surface area contributed by atoms with Crippen molar-refractivity contribution in [2.24, 2.45) is 0 Å². The van der Waals surface area contributed by atoms with Crippen LogP contribution in [0.4, 0.5) is 0 Å². The Morgan fingerprint density at radius 1 is 1.10 bits per heavy atom. The molecule has 0 aliphatic carbocycles. The standard InChI is InChI=1S/C19H29N/c1-9-12-19(13-15(4)5)18(8)20(11-3)14-17(7)16(6)10-2/h9-10,12-14H,1,8,11H2,2-7H3. The highest BCUT2D eigenvalue weighted by molar-refractivity contribution is 5.42. The monoisotopic (exact) mass is 271 g/mol. The minimum absolute atomic E-state index is 0.887. The molecule has 0 radical (unpaired) electrons. The van der Waals surface area contributed by atoms with Gasteiger partial charge in [0.05, 0.1) is 0 Å². The van der Waals surface area contributed by atoms with E-state index in [1.165, 1.54) is 16.7 Å². The third-order valence-corrected chi connectivity index (χ3v) is 3.17. The van der Waals surface area contributed by atoms with Crippen LogP contribution >= 0.6 is 0 Å². The summed E-state index contributed by atoms with van der Waals surface area (Å²) in [5, 5.41) is 0. The topological polar surface area (TPSA) is 3.24 Å². The number of rotatable bonds is 7. The van der Waals surface area contributed by atoms with Gasteiger partial charge >= 0.3 is 0 Å². The van der Waals surface area contributed by atoms with Gasteiger partial charge in [-0.25, -0.2) is 0 Å². The van der Waals surface area contributed by atoms with Crippen molar-refractivity contribution in [3.05, 3.63) is 71.7 Å². The molecule has 0 aliphatic rings. The third-order valence-electron chi connectivity index (χ3n) is 3.17. The fourth-order valence-corrected chi connectivity index (χ4v) is 1.75. The Hall–Kier alpha value is -1.76. The summed E-state index contributed by atoms with van der Waals surface area (Å²) >= 11 is 0. The van der Waals surface area contributed by atoms with Gasteiger partial charge in [-0.3, -0.25) is 0 Å². The molecule has 0 N–H and O–H groups in total. The Kier molecular flexibility index (Phi) is 8.38. The summed E-state index contributed by atoms with van der Waals surface area (Å²) in [6.07, 6.45) is 10.2. The summed E-state index contributed by atoms with van der Waals surface area (Å²) in [5.74, 6) is 0. The molecule has 0 rings (SSSR count). The van der Waals surface area contributed by atoms with Gasteiger partial charge in [0, 0.05) is 18.4 Å². The molecule has 1 heteroatoms. The number of nitrogens with zero attached hydrogens (tertiary/aromatic N) is 1. The molecule has 110 valence electrons. The van der Waals surface area contributed by atoms with Crippen LogP contribution in [0.25, 0.3) is 0 Å². The van der Waals surface area contributed by atoms with Crippen molar-refractivity contribution < 1.29 is 0 Å². The summed E-state index contributed by atoms with van der Waals surface area (Å²) in [4.78, 5) is 2.18. The van der Waals surface area contributed by atoms with Gasteiger partial charge < -0.3 is 4.90 Å². The molecule has 0 bridgehead atoms. The molecular weight excluding hydrogens is 242 g/mol. The second-order valence-electron chi connectivity index (χ2n) is 5.10. The Balaban J connectivity index is 5.45. The average molecular weight is 271 g/mol. The molecule has 0 aromatic rings. The highest BCUT2D eigenvalue weighted by atomic mass is 15.1. The zero-order valence-corrected chi connectivity index (χ0v) is 14.0. The number of likely N-dealkylation sites (N-methyl/N-ethyl adjacent to an activating group) is 1. The molecule has 0 aromatic heterocycles. The zero-order valence-electron chi connectivity index (χ0n) is 14.0. The Labute approximate surface area is 125 Å². The zero-order chi connectivity index (χ0) is 15.7. The van der Waals surface area contributed by atoms with E-state index in [1.807, 2.05) is 12.2 Å². The first kappa shape index (κ1) is 18.2. The molecule has 0 heterocycles. The van der Waals surface area contributed by atoms with E-state index in [0.717, 1.165) is 17.8 Å². The van der Waals surface area contributed by atoms with Gasteiger partial charge in [0.25, 0.3) is 0 Å². The molecule has 0 unspecified atom stereocenters. The largest absolute Gasteiger partial charge is 0.348 e. The highest BCUT2D eigenvalue weighted by Crippen LogP contribution is 2.19. The van der Waals surface area contributed by atoms with Gasteiger partial charge in [-0.15, -0.1) is 0 Å². The second kappa shape index (κ2) is 9.19.